The van der Waals surface area contributed by atoms with E-state index in [1.807, 2.05) is 0 Å². The Morgan fingerprint density at radius 2 is 2.27 bits per heavy atom. The zero-order valence-electron chi connectivity index (χ0n) is 6.58. The van der Waals surface area contributed by atoms with Gasteiger partial charge in [0.1, 0.15) is 6.10 Å². The highest BCUT2D eigenvalue weighted by Gasteiger charge is 2.30. The molecule has 0 spiro atoms. The molecule has 1 aliphatic carbocycles. The predicted octanol–water partition coefficient (Wildman–Crippen LogP) is 0.851. The molecule has 0 heterocycles. The van der Waals surface area contributed by atoms with Crippen molar-refractivity contribution >= 4 is 18.4 Å². The van der Waals surface area contributed by atoms with Crippen LogP contribution in [0.3, 0.4) is 0 Å². The summed E-state index contributed by atoms with van der Waals surface area (Å²) in [6.45, 7) is 1.78. The molecule has 66 valence electrons. The summed E-state index contributed by atoms with van der Waals surface area (Å²) in [6.07, 6.45) is 2.38. The summed E-state index contributed by atoms with van der Waals surface area (Å²) in [6, 6.07) is 0.0931. The number of carbonyl (C=O) groups excluding carboxylic acids is 1. The van der Waals surface area contributed by atoms with Gasteiger partial charge in [0.2, 0.25) is 0 Å². The molecule has 0 aromatic rings. The topological polar surface area (TPSA) is 52.3 Å². The van der Waals surface area contributed by atoms with Gasteiger partial charge >= 0.3 is 5.97 Å². The van der Waals surface area contributed by atoms with Crippen molar-refractivity contribution in [3.8, 4) is 0 Å². The fraction of sp³-hybridized carbons (Fsp3) is 0.857. The summed E-state index contributed by atoms with van der Waals surface area (Å²) in [5.41, 5.74) is 5.55. The van der Waals surface area contributed by atoms with Gasteiger partial charge in [0.25, 0.3) is 0 Å². The van der Waals surface area contributed by atoms with Gasteiger partial charge in [0, 0.05) is 12.5 Å². The smallest absolute Gasteiger partial charge is 0.305 e. The first-order valence-electron chi connectivity index (χ1n) is 3.69. The van der Waals surface area contributed by atoms with Crippen molar-refractivity contribution in [2.75, 3.05) is 0 Å². The van der Waals surface area contributed by atoms with Crippen LogP contribution in [0.5, 0.6) is 0 Å². The average Bonchev–Trinajstić information content (AvgIpc) is 1.96. The van der Waals surface area contributed by atoms with Gasteiger partial charge in [-0.3, -0.25) is 4.79 Å². The lowest BCUT2D eigenvalue weighted by atomic mass is 9.90. The van der Waals surface area contributed by atoms with Crippen molar-refractivity contribution in [3.63, 3.8) is 0 Å². The number of halogens is 1. The number of esters is 1. The largest absolute Gasteiger partial charge is 0.461 e. The second kappa shape index (κ2) is 4.57. The van der Waals surface area contributed by atoms with E-state index in [-0.39, 0.29) is 30.5 Å². The SMILES string of the molecule is CCC(=O)O[C@H]1CC[C@@H]1N.Cl. The minimum atomic E-state index is -0.139. The van der Waals surface area contributed by atoms with Gasteiger partial charge in [-0.1, -0.05) is 6.92 Å². The molecule has 1 saturated carbocycles. The van der Waals surface area contributed by atoms with Gasteiger partial charge in [-0.25, -0.2) is 0 Å². The molecule has 0 saturated heterocycles. The molecule has 0 aromatic carbocycles. The molecule has 0 bridgehead atoms. The van der Waals surface area contributed by atoms with Gasteiger partial charge < -0.3 is 10.5 Å². The normalized spacial score (nSPS) is 28.2. The molecule has 0 aliphatic heterocycles. The van der Waals surface area contributed by atoms with E-state index in [0.29, 0.717) is 6.42 Å². The van der Waals surface area contributed by atoms with Crippen LogP contribution in [0.15, 0.2) is 0 Å². The highest BCUT2D eigenvalue weighted by atomic mass is 35.5. The van der Waals surface area contributed by atoms with Crippen LogP contribution in [0.2, 0.25) is 0 Å². The third-order valence-corrected chi connectivity index (χ3v) is 1.83. The number of carbonyl (C=O) groups is 1. The summed E-state index contributed by atoms with van der Waals surface area (Å²) in [5, 5.41) is 0. The standard InChI is InChI=1S/C7H13NO2.ClH/c1-2-7(9)10-6-4-3-5(6)8;/h5-6H,2-4,8H2,1H3;1H/t5-,6-;/m0./s1. The first-order valence-corrected chi connectivity index (χ1v) is 3.69. The predicted molar refractivity (Wildman–Crippen MR) is 44.6 cm³/mol. The average molecular weight is 180 g/mol. The maximum Gasteiger partial charge on any atom is 0.305 e. The van der Waals surface area contributed by atoms with E-state index in [4.69, 9.17) is 10.5 Å². The number of rotatable bonds is 2. The van der Waals surface area contributed by atoms with Gasteiger partial charge in [-0.2, -0.15) is 0 Å². The monoisotopic (exact) mass is 179 g/mol. The lowest BCUT2D eigenvalue weighted by molar-refractivity contribution is -0.153. The first kappa shape index (κ1) is 10.7. The van der Waals surface area contributed by atoms with E-state index in [9.17, 15) is 4.79 Å². The number of nitrogens with two attached hydrogens (primary N) is 1. The molecule has 0 amide bonds. The molecular formula is C7H14ClNO2. The summed E-state index contributed by atoms with van der Waals surface area (Å²) >= 11 is 0. The van der Waals surface area contributed by atoms with E-state index in [1.54, 1.807) is 6.92 Å². The highest BCUT2D eigenvalue weighted by molar-refractivity contribution is 5.85. The molecular weight excluding hydrogens is 166 g/mol. The summed E-state index contributed by atoms with van der Waals surface area (Å²) in [5.74, 6) is -0.139. The Bertz CT molecular complexity index is 140. The quantitative estimate of drug-likeness (QED) is 0.640. The fourth-order valence-electron chi connectivity index (χ4n) is 0.894. The van der Waals surface area contributed by atoms with Crippen LogP contribution in [0.4, 0.5) is 0 Å². The van der Waals surface area contributed by atoms with Gasteiger partial charge in [-0.15, -0.1) is 12.4 Å². The van der Waals surface area contributed by atoms with Gasteiger partial charge in [0.15, 0.2) is 0 Å². The van der Waals surface area contributed by atoms with Crippen LogP contribution in [0.1, 0.15) is 26.2 Å². The zero-order chi connectivity index (χ0) is 7.56. The zero-order valence-corrected chi connectivity index (χ0v) is 7.39. The van der Waals surface area contributed by atoms with Crippen molar-refractivity contribution in [3.05, 3.63) is 0 Å². The summed E-state index contributed by atoms with van der Waals surface area (Å²) in [7, 11) is 0. The number of ether oxygens (including phenoxy) is 1. The van der Waals surface area contributed by atoms with Crippen molar-refractivity contribution in [2.45, 2.75) is 38.3 Å². The highest BCUT2D eigenvalue weighted by Crippen LogP contribution is 2.21. The first-order chi connectivity index (χ1) is 4.74. The van der Waals surface area contributed by atoms with E-state index < -0.39 is 0 Å². The van der Waals surface area contributed by atoms with Crippen molar-refractivity contribution in [2.24, 2.45) is 5.73 Å². The Balaban J connectivity index is 0.000001000. The molecule has 3 nitrogen and oxygen atoms in total. The molecule has 1 aliphatic rings. The van der Waals surface area contributed by atoms with E-state index in [1.165, 1.54) is 0 Å². The second-order valence-electron chi connectivity index (χ2n) is 2.62. The molecule has 0 aromatic heterocycles. The van der Waals surface area contributed by atoms with Gasteiger partial charge in [-0.05, 0) is 12.8 Å². The van der Waals surface area contributed by atoms with Crippen LogP contribution in [-0.2, 0) is 9.53 Å². The van der Waals surface area contributed by atoms with Crippen molar-refractivity contribution in [1.82, 2.24) is 0 Å². The second-order valence-corrected chi connectivity index (χ2v) is 2.62. The fourth-order valence-corrected chi connectivity index (χ4v) is 0.894. The summed E-state index contributed by atoms with van der Waals surface area (Å²) in [4.78, 5) is 10.7. The van der Waals surface area contributed by atoms with Crippen LogP contribution in [0, 0.1) is 0 Å². The molecule has 0 radical (unpaired) electrons. The van der Waals surface area contributed by atoms with Crippen LogP contribution >= 0.6 is 12.4 Å². The molecule has 0 unspecified atom stereocenters. The molecule has 1 fully saturated rings. The maximum absolute atomic E-state index is 10.7. The minimum absolute atomic E-state index is 0. The van der Waals surface area contributed by atoms with E-state index >= 15 is 0 Å². The van der Waals surface area contributed by atoms with E-state index in [2.05, 4.69) is 0 Å². The Hall–Kier alpha value is -0.280. The van der Waals surface area contributed by atoms with Crippen molar-refractivity contribution in [1.29, 1.82) is 0 Å². The minimum Gasteiger partial charge on any atom is -0.461 e. The number of hydrogen-bond acceptors (Lipinski definition) is 3. The molecule has 4 heteroatoms. The summed E-state index contributed by atoms with van der Waals surface area (Å²) < 4.78 is 4.98. The lowest BCUT2D eigenvalue weighted by Gasteiger charge is -2.32. The maximum atomic E-state index is 10.7. The Kier molecular flexibility index (Phi) is 4.45. The Morgan fingerprint density at radius 1 is 1.64 bits per heavy atom. The van der Waals surface area contributed by atoms with Crippen LogP contribution in [0.25, 0.3) is 0 Å². The van der Waals surface area contributed by atoms with E-state index in [0.717, 1.165) is 12.8 Å². The third kappa shape index (κ3) is 2.67. The lowest BCUT2D eigenvalue weighted by Crippen LogP contribution is -2.46. The Morgan fingerprint density at radius 3 is 2.55 bits per heavy atom. The molecule has 2 N–H and O–H groups in total. The van der Waals surface area contributed by atoms with Crippen LogP contribution in [-0.4, -0.2) is 18.1 Å². The molecule has 2 atom stereocenters. The number of hydrogen-bond donors (Lipinski definition) is 1. The van der Waals surface area contributed by atoms with Crippen molar-refractivity contribution < 1.29 is 9.53 Å². The Labute approximate surface area is 72.7 Å². The van der Waals surface area contributed by atoms with Gasteiger partial charge in [0.05, 0.1) is 0 Å². The third-order valence-electron chi connectivity index (χ3n) is 1.83. The van der Waals surface area contributed by atoms with Crippen LogP contribution < -0.4 is 5.73 Å². The molecule has 1 rings (SSSR count). The molecule has 11 heavy (non-hydrogen) atoms.